The number of rotatable bonds is 5. The van der Waals surface area contributed by atoms with Crippen LogP contribution in [-0.2, 0) is 4.79 Å². The van der Waals surface area contributed by atoms with Gasteiger partial charge in [-0.15, -0.1) is 11.3 Å². The summed E-state index contributed by atoms with van der Waals surface area (Å²) in [6.45, 7) is 4.39. The van der Waals surface area contributed by atoms with Gasteiger partial charge in [-0.3, -0.25) is 9.69 Å². The van der Waals surface area contributed by atoms with E-state index in [4.69, 9.17) is 0 Å². The molecule has 0 radical (unpaired) electrons. The molecule has 0 bridgehead atoms. The molecule has 0 saturated carbocycles. The van der Waals surface area contributed by atoms with E-state index in [9.17, 15) is 4.79 Å². The topological polar surface area (TPSA) is 23.6 Å². The number of hydrogen-bond donors (Lipinski definition) is 0. The molecule has 2 aromatic rings. The Hall–Kier alpha value is -2.17. The minimum Gasteiger partial charge on any atom is -0.337 e. The molecule has 24 heavy (non-hydrogen) atoms. The fourth-order valence-electron chi connectivity index (χ4n) is 2.70. The Bertz CT molecular complexity index is 684. The average Bonchev–Trinajstić information content (AvgIpc) is 3.15. The van der Waals surface area contributed by atoms with Crippen LogP contribution in [0.15, 0.2) is 60.0 Å². The van der Waals surface area contributed by atoms with Crippen LogP contribution >= 0.6 is 11.3 Å². The highest BCUT2D eigenvalue weighted by atomic mass is 32.1. The summed E-state index contributed by atoms with van der Waals surface area (Å²) in [5, 5.41) is 2.02. The van der Waals surface area contributed by atoms with E-state index < -0.39 is 0 Å². The van der Waals surface area contributed by atoms with Gasteiger partial charge >= 0.3 is 0 Å². The first-order valence-corrected chi connectivity index (χ1v) is 9.14. The van der Waals surface area contributed by atoms with Gasteiger partial charge in [0, 0.05) is 43.7 Å². The van der Waals surface area contributed by atoms with Crippen LogP contribution in [0.4, 0.5) is 0 Å². The van der Waals surface area contributed by atoms with Crippen LogP contribution in [0.1, 0.15) is 10.4 Å². The third-order valence-corrected chi connectivity index (χ3v) is 4.93. The Morgan fingerprint density at radius 2 is 1.79 bits per heavy atom. The lowest BCUT2D eigenvalue weighted by atomic mass is 10.2. The standard InChI is InChI=1S/C20H22N2OS/c23-20(11-10-19-9-5-17-24-19)22-15-13-21(14-16-22)12-4-8-18-6-2-1-3-7-18/h1-11,17H,12-16H2/b8-4+,11-10+. The molecule has 2 heterocycles. The first-order valence-electron chi connectivity index (χ1n) is 8.26. The number of thiophene rings is 1. The van der Waals surface area contributed by atoms with Crippen molar-refractivity contribution < 1.29 is 4.79 Å². The van der Waals surface area contributed by atoms with Crippen molar-refractivity contribution in [2.75, 3.05) is 32.7 Å². The van der Waals surface area contributed by atoms with E-state index in [-0.39, 0.29) is 5.91 Å². The predicted molar refractivity (Wildman–Crippen MR) is 102 cm³/mol. The van der Waals surface area contributed by atoms with Gasteiger partial charge in [0.15, 0.2) is 0 Å². The highest BCUT2D eigenvalue weighted by molar-refractivity contribution is 7.10. The summed E-state index contributed by atoms with van der Waals surface area (Å²) in [5.74, 6) is 0.114. The quantitative estimate of drug-likeness (QED) is 0.778. The van der Waals surface area contributed by atoms with Gasteiger partial charge in [0.2, 0.25) is 5.91 Å². The minimum absolute atomic E-state index is 0.114. The van der Waals surface area contributed by atoms with Crippen LogP contribution in [-0.4, -0.2) is 48.4 Å². The van der Waals surface area contributed by atoms with Gasteiger partial charge in [-0.2, -0.15) is 0 Å². The molecule has 124 valence electrons. The molecule has 1 amide bonds. The smallest absolute Gasteiger partial charge is 0.246 e. The number of piperazine rings is 1. The van der Waals surface area contributed by atoms with Crippen LogP contribution in [0.5, 0.6) is 0 Å². The average molecular weight is 338 g/mol. The fraction of sp³-hybridized carbons (Fsp3) is 0.250. The molecule has 0 aliphatic carbocycles. The zero-order valence-corrected chi connectivity index (χ0v) is 14.5. The maximum atomic E-state index is 12.2. The summed E-state index contributed by atoms with van der Waals surface area (Å²) in [7, 11) is 0. The molecular weight excluding hydrogens is 316 g/mol. The SMILES string of the molecule is O=C(/C=C/c1cccs1)N1CCN(C/C=C/c2ccccc2)CC1. The van der Waals surface area contributed by atoms with Crippen molar-refractivity contribution in [3.05, 3.63) is 70.4 Å². The Morgan fingerprint density at radius 1 is 1.00 bits per heavy atom. The van der Waals surface area contributed by atoms with Crippen molar-refractivity contribution in [1.82, 2.24) is 9.80 Å². The highest BCUT2D eigenvalue weighted by Gasteiger charge is 2.18. The van der Waals surface area contributed by atoms with Crippen molar-refractivity contribution in [2.45, 2.75) is 0 Å². The van der Waals surface area contributed by atoms with E-state index in [1.165, 1.54) is 5.56 Å². The number of nitrogens with zero attached hydrogens (tertiary/aromatic N) is 2. The van der Waals surface area contributed by atoms with Crippen molar-refractivity contribution >= 4 is 29.4 Å². The first-order chi connectivity index (χ1) is 11.8. The van der Waals surface area contributed by atoms with Crippen LogP contribution in [0, 0.1) is 0 Å². The number of carbonyl (C=O) groups excluding carboxylic acids is 1. The van der Waals surface area contributed by atoms with Gasteiger partial charge in [-0.25, -0.2) is 0 Å². The molecule has 1 aromatic heterocycles. The van der Waals surface area contributed by atoms with Crippen molar-refractivity contribution in [3.63, 3.8) is 0 Å². The molecule has 0 atom stereocenters. The van der Waals surface area contributed by atoms with Gasteiger partial charge in [0.05, 0.1) is 0 Å². The zero-order chi connectivity index (χ0) is 16.6. The Labute approximate surface area is 147 Å². The van der Waals surface area contributed by atoms with Crippen LogP contribution in [0.3, 0.4) is 0 Å². The van der Waals surface area contributed by atoms with Gasteiger partial charge < -0.3 is 4.90 Å². The third-order valence-electron chi connectivity index (χ3n) is 4.09. The summed E-state index contributed by atoms with van der Waals surface area (Å²) < 4.78 is 0. The maximum Gasteiger partial charge on any atom is 0.246 e. The van der Waals surface area contributed by atoms with E-state index >= 15 is 0 Å². The molecule has 4 heteroatoms. The number of hydrogen-bond acceptors (Lipinski definition) is 3. The van der Waals surface area contributed by atoms with Crippen LogP contribution < -0.4 is 0 Å². The van der Waals surface area contributed by atoms with E-state index in [2.05, 4.69) is 29.2 Å². The molecule has 1 saturated heterocycles. The molecule has 0 N–H and O–H groups in total. The highest BCUT2D eigenvalue weighted by Crippen LogP contribution is 2.11. The Morgan fingerprint density at radius 3 is 2.50 bits per heavy atom. The molecule has 0 spiro atoms. The van der Waals surface area contributed by atoms with E-state index in [1.54, 1.807) is 17.4 Å². The third kappa shape index (κ3) is 4.91. The normalized spacial score (nSPS) is 16.2. The number of benzene rings is 1. The minimum atomic E-state index is 0.114. The van der Waals surface area contributed by atoms with E-state index in [0.29, 0.717) is 0 Å². The van der Waals surface area contributed by atoms with E-state index in [1.807, 2.05) is 46.7 Å². The van der Waals surface area contributed by atoms with Crippen molar-refractivity contribution in [3.8, 4) is 0 Å². The molecule has 0 unspecified atom stereocenters. The van der Waals surface area contributed by atoms with Gasteiger partial charge in [-0.05, 0) is 23.1 Å². The zero-order valence-electron chi connectivity index (χ0n) is 13.7. The second kappa shape index (κ2) is 8.62. The van der Waals surface area contributed by atoms with Crippen LogP contribution in [0.25, 0.3) is 12.2 Å². The lowest BCUT2D eigenvalue weighted by Crippen LogP contribution is -2.48. The van der Waals surface area contributed by atoms with Gasteiger partial charge in [0.25, 0.3) is 0 Å². The first kappa shape index (κ1) is 16.7. The van der Waals surface area contributed by atoms with Crippen molar-refractivity contribution in [2.24, 2.45) is 0 Å². The molecule has 1 aromatic carbocycles. The summed E-state index contributed by atoms with van der Waals surface area (Å²) in [5.41, 5.74) is 1.23. The molecule has 1 aliphatic rings. The van der Waals surface area contributed by atoms with Crippen molar-refractivity contribution in [1.29, 1.82) is 0 Å². The molecule has 3 nitrogen and oxygen atoms in total. The molecule has 1 aliphatic heterocycles. The lowest BCUT2D eigenvalue weighted by Gasteiger charge is -2.33. The van der Waals surface area contributed by atoms with Gasteiger partial charge in [-0.1, -0.05) is 48.6 Å². The largest absolute Gasteiger partial charge is 0.337 e. The summed E-state index contributed by atoms with van der Waals surface area (Å²) in [4.78, 5) is 17.6. The monoisotopic (exact) mass is 338 g/mol. The van der Waals surface area contributed by atoms with E-state index in [0.717, 1.165) is 37.6 Å². The predicted octanol–water partition coefficient (Wildman–Crippen LogP) is 3.62. The summed E-state index contributed by atoms with van der Waals surface area (Å²) >= 11 is 1.65. The number of amides is 1. The Kier molecular flexibility index (Phi) is 5.99. The second-order valence-electron chi connectivity index (χ2n) is 5.79. The fourth-order valence-corrected chi connectivity index (χ4v) is 3.32. The van der Waals surface area contributed by atoms with Crippen LogP contribution in [0.2, 0.25) is 0 Å². The second-order valence-corrected chi connectivity index (χ2v) is 6.77. The Balaban J connectivity index is 1.42. The molecule has 1 fully saturated rings. The van der Waals surface area contributed by atoms with Gasteiger partial charge in [0.1, 0.15) is 0 Å². The maximum absolute atomic E-state index is 12.2. The summed E-state index contributed by atoms with van der Waals surface area (Å²) in [6.07, 6.45) is 7.95. The number of carbonyl (C=O) groups is 1. The molecule has 3 rings (SSSR count). The lowest BCUT2D eigenvalue weighted by molar-refractivity contribution is -0.127. The molecular formula is C20H22N2OS. The summed E-state index contributed by atoms with van der Waals surface area (Å²) in [6, 6.07) is 14.4.